The molecule has 23 heavy (non-hydrogen) atoms. The van der Waals surface area contributed by atoms with E-state index >= 15 is 0 Å². The maximum absolute atomic E-state index is 12.9. The molecule has 0 unspecified atom stereocenters. The number of ether oxygens (including phenoxy) is 2. The molecule has 0 N–H and O–H groups in total. The molecule has 1 aliphatic carbocycles. The SMILES string of the molecule is O=c1cc(OCCOC2CCCC2)ccn1-c1ccc(F)cc1. The monoisotopic (exact) mass is 317 g/mol. The Morgan fingerprint density at radius 3 is 2.52 bits per heavy atom. The molecule has 0 radical (unpaired) electrons. The molecule has 1 fully saturated rings. The highest BCUT2D eigenvalue weighted by atomic mass is 19.1. The first-order valence-electron chi connectivity index (χ1n) is 7.95. The van der Waals surface area contributed by atoms with Crippen LogP contribution in [0, 0.1) is 5.82 Å². The van der Waals surface area contributed by atoms with Crippen LogP contribution in [0.3, 0.4) is 0 Å². The maximum atomic E-state index is 12.9. The van der Waals surface area contributed by atoms with Gasteiger partial charge in [-0.3, -0.25) is 9.36 Å². The minimum Gasteiger partial charge on any atom is -0.491 e. The van der Waals surface area contributed by atoms with E-state index in [1.54, 1.807) is 24.4 Å². The first-order chi connectivity index (χ1) is 11.2. The number of pyridine rings is 1. The van der Waals surface area contributed by atoms with Crippen LogP contribution in [0.25, 0.3) is 5.69 Å². The molecule has 0 atom stereocenters. The van der Waals surface area contributed by atoms with Crippen LogP contribution in [-0.2, 0) is 4.74 Å². The largest absolute Gasteiger partial charge is 0.491 e. The standard InChI is InChI=1S/C18H20FNO3/c19-14-5-7-15(8-6-14)20-10-9-17(13-18(20)21)23-12-11-22-16-3-1-2-4-16/h5-10,13,16H,1-4,11-12H2. The summed E-state index contributed by atoms with van der Waals surface area (Å²) in [5, 5.41) is 0. The highest BCUT2D eigenvalue weighted by molar-refractivity contribution is 5.33. The van der Waals surface area contributed by atoms with Gasteiger partial charge in [0.05, 0.1) is 12.7 Å². The molecule has 1 aromatic carbocycles. The summed E-state index contributed by atoms with van der Waals surface area (Å²) in [7, 11) is 0. The Morgan fingerprint density at radius 1 is 1.09 bits per heavy atom. The van der Waals surface area contributed by atoms with Gasteiger partial charge in [-0.1, -0.05) is 12.8 Å². The average Bonchev–Trinajstić information content (AvgIpc) is 3.06. The molecule has 1 saturated carbocycles. The zero-order chi connectivity index (χ0) is 16.1. The lowest BCUT2D eigenvalue weighted by atomic mass is 10.3. The molecular weight excluding hydrogens is 297 g/mol. The van der Waals surface area contributed by atoms with Crippen molar-refractivity contribution in [1.29, 1.82) is 0 Å². The Labute approximate surface area is 134 Å². The van der Waals surface area contributed by atoms with Crippen LogP contribution >= 0.6 is 0 Å². The summed E-state index contributed by atoms with van der Waals surface area (Å²) < 4.78 is 25.7. The van der Waals surface area contributed by atoms with Gasteiger partial charge in [-0.25, -0.2) is 4.39 Å². The number of hydrogen-bond donors (Lipinski definition) is 0. The van der Waals surface area contributed by atoms with Gasteiger partial charge in [-0.2, -0.15) is 0 Å². The third kappa shape index (κ3) is 4.20. The molecule has 0 amide bonds. The van der Waals surface area contributed by atoms with Gasteiger partial charge in [0.15, 0.2) is 0 Å². The highest BCUT2D eigenvalue weighted by Gasteiger charge is 2.14. The average molecular weight is 317 g/mol. The lowest BCUT2D eigenvalue weighted by Gasteiger charge is -2.12. The Balaban J connectivity index is 1.56. The molecule has 4 nitrogen and oxygen atoms in total. The molecule has 1 heterocycles. The van der Waals surface area contributed by atoms with Gasteiger partial charge in [-0.05, 0) is 43.2 Å². The van der Waals surface area contributed by atoms with Crippen molar-refractivity contribution in [1.82, 2.24) is 4.57 Å². The topological polar surface area (TPSA) is 40.5 Å². The predicted octanol–water partition coefficient (Wildman–Crippen LogP) is 3.31. The van der Waals surface area contributed by atoms with Crippen LogP contribution in [-0.4, -0.2) is 23.9 Å². The molecule has 2 aromatic rings. The second kappa shape index (κ2) is 7.42. The van der Waals surface area contributed by atoms with Crippen LogP contribution in [0.2, 0.25) is 0 Å². The fraction of sp³-hybridized carbons (Fsp3) is 0.389. The molecule has 0 bridgehead atoms. The summed E-state index contributed by atoms with van der Waals surface area (Å²) in [6.07, 6.45) is 6.75. The van der Waals surface area contributed by atoms with Gasteiger partial charge in [0.1, 0.15) is 18.2 Å². The van der Waals surface area contributed by atoms with Crippen molar-refractivity contribution in [2.75, 3.05) is 13.2 Å². The minimum atomic E-state index is -0.330. The van der Waals surface area contributed by atoms with Gasteiger partial charge in [-0.15, -0.1) is 0 Å². The number of hydrogen-bond acceptors (Lipinski definition) is 3. The highest BCUT2D eigenvalue weighted by Crippen LogP contribution is 2.20. The van der Waals surface area contributed by atoms with E-state index in [9.17, 15) is 9.18 Å². The Kier molecular flexibility index (Phi) is 5.08. The molecule has 3 rings (SSSR count). The van der Waals surface area contributed by atoms with Gasteiger partial charge in [0.2, 0.25) is 0 Å². The Morgan fingerprint density at radius 2 is 1.83 bits per heavy atom. The summed E-state index contributed by atoms with van der Waals surface area (Å²) >= 11 is 0. The number of nitrogens with zero attached hydrogens (tertiary/aromatic N) is 1. The first kappa shape index (κ1) is 15.7. The van der Waals surface area contributed by atoms with Crippen molar-refractivity contribution < 1.29 is 13.9 Å². The Bertz CT molecular complexity index is 690. The van der Waals surface area contributed by atoms with Crippen LogP contribution in [0.1, 0.15) is 25.7 Å². The number of benzene rings is 1. The van der Waals surface area contributed by atoms with E-state index in [4.69, 9.17) is 9.47 Å². The normalized spacial score (nSPS) is 15.0. The molecule has 5 heteroatoms. The van der Waals surface area contributed by atoms with E-state index in [1.165, 1.54) is 35.6 Å². The van der Waals surface area contributed by atoms with Crippen LogP contribution in [0.15, 0.2) is 47.4 Å². The van der Waals surface area contributed by atoms with E-state index in [2.05, 4.69) is 0 Å². The van der Waals surface area contributed by atoms with Gasteiger partial charge >= 0.3 is 0 Å². The minimum absolute atomic E-state index is 0.217. The molecule has 122 valence electrons. The van der Waals surface area contributed by atoms with Crippen molar-refractivity contribution in [3.63, 3.8) is 0 Å². The number of aromatic nitrogens is 1. The lowest BCUT2D eigenvalue weighted by Crippen LogP contribution is -2.18. The van der Waals surface area contributed by atoms with E-state index in [0.29, 0.717) is 30.8 Å². The molecule has 0 aliphatic heterocycles. The molecule has 1 aliphatic rings. The van der Waals surface area contributed by atoms with Crippen LogP contribution in [0.4, 0.5) is 4.39 Å². The quantitative estimate of drug-likeness (QED) is 0.768. The summed E-state index contributed by atoms with van der Waals surface area (Å²) in [5.74, 6) is 0.187. The third-order valence-electron chi connectivity index (χ3n) is 4.00. The van der Waals surface area contributed by atoms with Gasteiger partial charge in [0.25, 0.3) is 5.56 Å². The van der Waals surface area contributed by atoms with E-state index in [-0.39, 0.29) is 11.4 Å². The first-order valence-corrected chi connectivity index (χ1v) is 7.95. The summed E-state index contributed by atoms with van der Waals surface area (Å²) in [4.78, 5) is 12.1. The maximum Gasteiger partial charge on any atom is 0.258 e. The van der Waals surface area contributed by atoms with Gasteiger partial charge < -0.3 is 9.47 Å². The van der Waals surface area contributed by atoms with Crippen LogP contribution in [0.5, 0.6) is 5.75 Å². The fourth-order valence-electron chi connectivity index (χ4n) is 2.79. The molecule has 0 saturated heterocycles. The van der Waals surface area contributed by atoms with E-state index in [0.717, 1.165) is 12.8 Å². The van der Waals surface area contributed by atoms with Crippen molar-refractivity contribution in [2.45, 2.75) is 31.8 Å². The zero-order valence-corrected chi connectivity index (χ0v) is 12.9. The smallest absolute Gasteiger partial charge is 0.258 e. The molecular formula is C18H20FNO3. The molecule has 1 aromatic heterocycles. The fourth-order valence-corrected chi connectivity index (χ4v) is 2.79. The zero-order valence-electron chi connectivity index (χ0n) is 12.9. The van der Waals surface area contributed by atoms with Crippen molar-refractivity contribution in [3.8, 4) is 11.4 Å². The second-order valence-electron chi connectivity index (χ2n) is 5.67. The Hall–Kier alpha value is -2.14. The van der Waals surface area contributed by atoms with Crippen molar-refractivity contribution in [2.24, 2.45) is 0 Å². The number of halogens is 1. The lowest BCUT2D eigenvalue weighted by molar-refractivity contribution is 0.0381. The molecule has 0 spiro atoms. The third-order valence-corrected chi connectivity index (χ3v) is 4.00. The van der Waals surface area contributed by atoms with Crippen molar-refractivity contribution in [3.05, 3.63) is 58.8 Å². The second-order valence-corrected chi connectivity index (χ2v) is 5.67. The predicted molar refractivity (Wildman–Crippen MR) is 85.7 cm³/mol. The number of rotatable bonds is 6. The van der Waals surface area contributed by atoms with Gasteiger partial charge in [0, 0.05) is 18.0 Å². The summed E-state index contributed by atoms with van der Waals surface area (Å²) in [5.41, 5.74) is 0.401. The van der Waals surface area contributed by atoms with Crippen LogP contribution < -0.4 is 10.3 Å². The van der Waals surface area contributed by atoms with E-state index in [1.807, 2.05) is 0 Å². The summed E-state index contributed by atoms with van der Waals surface area (Å²) in [6.45, 7) is 0.961. The van der Waals surface area contributed by atoms with E-state index < -0.39 is 0 Å². The van der Waals surface area contributed by atoms with Crippen molar-refractivity contribution >= 4 is 0 Å². The summed E-state index contributed by atoms with van der Waals surface area (Å²) in [6, 6.07) is 8.93.